The van der Waals surface area contributed by atoms with Gasteiger partial charge in [-0.05, 0) is 68.6 Å². The third-order valence-corrected chi connectivity index (χ3v) is 14.3. The zero-order chi connectivity index (χ0) is 30.2. The number of fused-ring (bicyclic) bond motifs is 4. The molecule has 5 rings (SSSR count). The molecular formula is C33H46F3NO3Si-. The molecule has 0 amide bonds. The van der Waals surface area contributed by atoms with E-state index >= 15 is 0 Å². The quantitative estimate of drug-likeness (QED) is 0.326. The minimum absolute atomic E-state index is 0.0472. The molecular weight excluding hydrogens is 543 g/mol. The number of nitrogens with zero attached hydrogens (tertiary/aromatic N) is 1. The van der Waals surface area contributed by atoms with Gasteiger partial charge in [0.25, 0.3) is 0 Å². The molecule has 2 atom stereocenters. The molecule has 41 heavy (non-hydrogen) atoms. The van der Waals surface area contributed by atoms with Crippen molar-refractivity contribution in [3.05, 3.63) is 57.9 Å². The Morgan fingerprint density at radius 1 is 1.00 bits per heavy atom. The fourth-order valence-electron chi connectivity index (χ4n) is 6.86. The van der Waals surface area contributed by atoms with E-state index < -0.39 is 26.4 Å². The molecule has 1 aromatic carbocycles. The van der Waals surface area contributed by atoms with Crippen molar-refractivity contribution in [3.8, 4) is 5.75 Å². The maximum Gasteiger partial charge on any atom is 0.573 e. The topological polar surface area (TPSA) is 40.6 Å². The fraction of sp³-hybridized carbons (Fsp3) is 0.667. The van der Waals surface area contributed by atoms with Crippen LogP contribution in [-0.2, 0) is 21.2 Å². The Hall–Kier alpha value is -1.90. The number of halogens is 3. The van der Waals surface area contributed by atoms with Crippen LogP contribution in [0.5, 0.6) is 5.75 Å². The van der Waals surface area contributed by atoms with Gasteiger partial charge in [0.2, 0.25) is 0 Å². The molecule has 0 unspecified atom stereocenters. The van der Waals surface area contributed by atoms with Crippen molar-refractivity contribution < 1.29 is 27.1 Å². The van der Waals surface area contributed by atoms with Crippen LogP contribution in [0.25, 0.3) is 0 Å². The van der Waals surface area contributed by atoms with Crippen molar-refractivity contribution in [3.63, 3.8) is 0 Å². The van der Waals surface area contributed by atoms with Gasteiger partial charge in [0.15, 0.2) is 0 Å². The molecule has 2 aliphatic carbocycles. The first kappa shape index (κ1) is 30.6. The summed E-state index contributed by atoms with van der Waals surface area (Å²) in [5.74, 6) is -0.0675. The summed E-state index contributed by atoms with van der Waals surface area (Å²) in [6, 6.07) is 6.19. The zero-order valence-corrected chi connectivity index (χ0v) is 27.1. The lowest BCUT2D eigenvalue weighted by molar-refractivity contribution is -0.274. The van der Waals surface area contributed by atoms with Crippen LogP contribution >= 0.6 is 0 Å². The van der Waals surface area contributed by atoms with E-state index in [1.165, 1.54) is 23.3 Å². The largest absolute Gasteiger partial charge is 0.573 e. The summed E-state index contributed by atoms with van der Waals surface area (Å²) in [4.78, 5) is 5.40. The Kier molecular flexibility index (Phi) is 7.52. The molecule has 0 bridgehead atoms. The zero-order valence-electron chi connectivity index (χ0n) is 26.1. The number of benzene rings is 1. The maximum absolute atomic E-state index is 12.9. The van der Waals surface area contributed by atoms with E-state index in [1.54, 1.807) is 12.1 Å². The normalized spacial score (nSPS) is 23.6. The Labute approximate surface area is 244 Å². The number of rotatable bonds is 5. The van der Waals surface area contributed by atoms with Gasteiger partial charge in [-0.15, -0.1) is 31.3 Å². The van der Waals surface area contributed by atoms with E-state index in [9.17, 15) is 13.2 Å². The molecule has 1 aromatic heterocycles. The lowest BCUT2D eigenvalue weighted by Gasteiger charge is -2.53. The predicted molar refractivity (Wildman–Crippen MR) is 158 cm³/mol. The van der Waals surface area contributed by atoms with Gasteiger partial charge in [-0.3, -0.25) is 4.98 Å². The second kappa shape index (κ2) is 10.1. The van der Waals surface area contributed by atoms with Gasteiger partial charge in [0, 0.05) is 28.6 Å². The third kappa shape index (κ3) is 5.73. The van der Waals surface area contributed by atoms with Gasteiger partial charge in [0.1, 0.15) is 11.9 Å². The van der Waals surface area contributed by atoms with Crippen LogP contribution in [-0.4, -0.2) is 19.7 Å². The van der Waals surface area contributed by atoms with Crippen LogP contribution in [0.4, 0.5) is 13.2 Å². The molecule has 0 N–H and O–H groups in total. The lowest BCUT2D eigenvalue weighted by Crippen LogP contribution is -2.44. The summed E-state index contributed by atoms with van der Waals surface area (Å²) in [7, 11) is -2.12. The highest BCUT2D eigenvalue weighted by molar-refractivity contribution is 6.74. The van der Waals surface area contributed by atoms with Gasteiger partial charge < -0.3 is 13.9 Å². The number of hydrogen-bond donors (Lipinski definition) is 0. The van der Waals surface area contributed by atoms with Crippen molar-refractivity contribution in [2.45, 2.75) is 135 Å². The molecule has 4 nitrogen and oxygen atoms in total. The summed E-state index contributed by atoms with van der Waals surface area (Å²) in [6.45, 7) is 20.5. The molecule has 1 aliphatic heterocycles. The first-order valence-electron chi connectivity index (χ1n) is 15.1. The minimum Gasteiger partial charge on any atom is -0.559 e. The molecule has 2 heterocycles. The number of pyridine rings is 1. The summed E-state index contributed by atoms with van der Waals surface area (Å²) in [6.07, 6.45) is 0.623. The highest BCUT2D eigenvalue weighted by Gasteiger charge is 2.53. The smallest absolute Gasteiger partial charge is 0.559 e. The van der Waals surface area contributed by atoms with E-state index in [0.717, 1.165) is 61.0 Å². The van der Waals surface area contributed by atoms with Crippen LogP contribution in [0, 0.1) is 5.41 Å². The first-order valence-corrected chi connectivity index (χ1v) is 18.0. The average Bonchev–Trinajstić information content (AvgIpc) is 3.41. The van der Waals surface area contributed by atoms with Crippen molar-refractivity contribution in [2.24, 2.45) is 5.41 Å². The van der Waals surface area contributed by atoms with Crippen LogP contribution in [0.3, 0.4) is 0 Å². The minimum atomic E-state index is -4.73. The monoisotopic (exact) mass is 589 g/mol. The Morgan fingerprint density at radius 2 is 1.61 bits per heavy atom. The second-order valence-corrected chi connectivity index (χ2v) is 19.8. The van der Waals surface area contributed by atoms with Crippen molar-refractivity contribution in [1.29, 1.82) is 0 Å². The summed E-state index contributed by atoms with van der Waals surface area (Å²) >= 11 is 0. The number of aromatic nitrogens is 1. The predicted octanol–water partition coefficient (Wildman–Crippen LogP) is 10.0. The van der Waals surface area contributed by atoms with Gasteiger partial charge >= 0.3 is 6.36 Å². The first-order chi connectivity index (χ1) is 18.8. The summed E-state index contributed by atoms with van der Waals surface area (Å²) < 4.78 is 57.1. The molecule has 227 valence electrons. The highest BCUT2D eigenvalue weighted by Crippen LogP contribution is 2.60. The van der Waals surface area contributed by atoms with Crippen LogP contribution in [0.2, 0.25) is 18.1 Å². The summed E-state index contributed by atoms with van der Waals surface area (Å²) in [5, 5.41) is 0.0630. The lowest BCUT2D eigenvalue weighted by atomic mass is 9.70. The van der Waals surface area contributed by atoms with Crippen LogP contribution < -0.4 is 4.74 Å². The fourth-order valence-corrected chi connectivity index (χ4v) is 8.13. The van der Waals surface area contributed by atoms with E-state index in [-0.39, 0.29) is 28.2 Å². The Balaban J connectivity index is 1.71. The van der Waals surface area contributed by atoms with Gasteiger partial charge in [-0.25, -0.2) is 0 Å². The van der Waals surface area contributed by atoms with E-state index in [4.69, 9.17) is 14.1 Å². The average molecular weight is 590 g/mol. The van der Waals surface area contributed by atoms with Crippen molar-refractivity contribution in [2.75, 3.05) is 0 Å². The van der Waals surface area contributed by atoms with Gasteiger partial charge in [0.05, 0.1) is 5.60 Å². The van der Waals surface area contributed by atoms with Crippen molar-refractivity contribution in [1.82, 2.24) is 4.98 Å². The third-order valence-electron chi connectivity index (χ3n) is 9.77. The van der Waals surface area contributed by atoms with E-state index in [1.807, 2.05) is 0 Å². The molecule has 0 radical (unpaired) electrons. The van der Waals surface area contributed by atoms with Gasteiger partial charge in [-0.2, -0.15) is 0 Å². The van der Waals surface area contributed by atoms with E-state index in [2.05, 4.69) is 66.3 Å². The molecule has 1 saturated carbocycles. The number of alkyl halides is 3. The molecule has 0 saturated heterocycles. The number of hydrogen-bond acceptors (Lipinski definition) is 4. The Morgan fingerprint density at radius 3 is 2.15 bits per heavy atom. The molecule has 8 heteroatoms. The standard InChI is InChI=1S/C33H46F3NO3Si/c1-20(2)28-26-27(25-23(37-28)18-31(6,7)19-24(25)40-41(8,9)30(3,4)5)32(16-10-11-17-32)39-29(26)21-12-14-22(15-13-21)38-33(34,35)36/h12-15,20,24,29H,10-11,16-19H2,1-9H3/q-1/t24-,29+/m0/s1. The van der Waals surface area contributed by atoms with Gasteiger partial charge in [-0.1, -0.05) is 73.4 Å². The highest BCUT2D eigenvalue weighted by atomic mass is 28.4. The second-order valence-electron chi connectivity index (χ2n) is 15.0. The van der Waals surface area contributed by atoms with Crippen LogP contribution in [0.15, 0.2) is 24.3 Å². The molecule has 1 spiro atoms. The van der Waals surface area contributed by atoms with E-state index in [0.29, 0.717) is 0 Å². The molecule has 2 aromatic rings. The molecule has 1 fully saturated rings. The maximum atomic E-state index is 12.9. The van der Waals surface area contributed by atoms with Crippen molar-refractivity contribution >= 4 is 8.32 Å². The van der Waals surface area contributed by atoms with Crippen LogP contribution in [0.1, 0.15) is 132 Å². The Bertz CT molecular complexity index is 1290. The molecule has 3 aliphatic rings. The summed E-state index contributed by atoms with van der Waals surface area (Å²) in [5.41, 5.74) is 6.21. The number of ether oxygens (including phenoxy) is 2. The SMILES string of the molecule is CC(C)c1nc2c(c3c1[C@@H](c1ccc(OC(F)(F)F)cc1)OC31CCCC1)[C@@H](O[Si-](C)(C)C(C)(C)C)CC(C)(C)C2.